The number of nitrogens with one attached hydrogen (secondary N) is 3. The van der Waals surface area contributed by atoms with Gasteiger partial charge in [-0.25, -0.2) is 4.39 Å². The van der Waals surface area contributed by atoms with Crippen LogP contribution >= 0.6 is 12.2 Å². The number of hydrogen-bond acceptors (Lipinski definition) is 2. The monoisotopic (exact) mass is 295 g/mol. The summed E-state index contributed by atoms with van der Waals surface area (Å²) in [5.74, 6) is -0.252. The maximum absolute atomic E-state index is 12.8. The third-order valence-corrected chi connectivity index (χ3v) is 3.58. The lowest BCUT2D eigenvalue weighted by Crippen LogP contribution is -2.46. The van der Waals surface area contributed by atoms with Crippen LogP contribution in [0.15, 0.2) is 24.3 Å². The molecule has 0 aliphatic heterocycles. The Morgan fingerprint density at radius 3 is 2.40 bits per heavy atom. The highest BCUT2D eigenvalue weighted by Crippen LogP contribution is 2.23. The fourth-order valence-corrected chi connectivity index (χ4v) is 2.45. The molecule has 1 aromatic rings. The minimum Gasteiger partial charge on any atom is -0.331 e. The first-order valence-electron chi connectivity index (χ1n) is 6.77. The third-order valence-electron chi connectivity index (χ3n) is 3.38. The summed E-state index contributed by atoms with van der Waals surface area (Å²) in [5, 5.41) is 3.14. The molecule has 0 unspecified atom stereocenters. The Hall–Kier alpha value is -1.69. The molecule has 0 atom stereocenters. The smallest absolute Gasteiger partial charge is 0.241 e. The molecule has 0 radical (unpaired) electrons. The lowest BCUT2D eigenvalue weighted by molar-refractivity contribution is -0.126. The summed E-state index contributed by atoms with van der Waals surface area (Å²) >= 11 is 5.06. The van der Waals surface area contributed by atoms with E-state index in [0.717, 1.165) is 25.7 Å². The normalized spacial score (nSPS) is 15.4. The van der Waals surface area contributed by atoms with Crippen LogP contribution in [0.25, 0.3) is 0 Å². The number of amides is 1. The van der Waals surface area contributed by atoms with Gasteiger partial charge in [0.2, 0.25) is 5.91 Å². The van der Waals surface area contributed by atoms with E-state index in [1.165, 1.54) is 18.6 Å². The highest BCUT2D eigenvalue weighted by atomic mass is 32.1. The highest BCUT2D eigenvalue weighted by molar-refractivity contribution is 7.80. The van der Waals surface area contributed by atoms with Gasteiger partial charge >= 0.3 is 0 Å². The highest BCUT2D eigenvalue weighted by Gasteiger charge is 2.20. The first-order valence-corrected chi connectivity index (χ1v) is 7.18. The van der Waals surface area contributed by atoms with Crippen LogP contribution in [0.3, 0.4) is 0 Å². The zero-order valence-corrected chi connectivity index (χ0v) is 11.9. The molecule has 1 fully saturated rings. The van der Waals surface area contributed by atoms with Crippen LogP contribution in [-0.2, 0) is 4.79 Å². The summed E-state index contributed by atoms with van der Waals surface area (Å²) in [5.41, 5.74) is 5.95. The van der Waals surface area contributed by atoms with E-state index < -0.39 is 0 Å². The summed E-state index contributed by atoms with van der Waals surface area (Å²) in [6.07, 6.45) is 5.30. The maximum atomic E-state index is 12.8. The van der Waals surface area contributed by atoms with Crippen molar-refractivity contribution in [2.45, 2.75) is 32.1 Å². The van der Waals surface area contributed by atoms with E-state index in [0.29, 0.717) is 5.69 Å². The molecule has 20 heavy (non-hydrogen) atoms. The minimum absolute atomic E-state index is 0.0204. The molecular formula is C14H18FN3OS. The zero-order chi connectivity index (χ0) is 14.4. The van der Waals surface area contributed by atoms with Crippen molar-refractivity contribution in [3.8, 4) is 0 Å². The zero-order valence-electron chi connectivity index (χ0n) is 11.1. The van der Waals surface area contributed by atoms with Gasteiger partial charge in [-0.2, -0.15) is 0 Å². The molecule has 3 N–H and O–H groups in total. The van der Waals surface area contributed by atoms with Gasteiger partial charge in [-0.05, 0) is 49.3 Å². The molecule has 0 spiro atoms. The molecule has 1 aliphatic rings. The Kier molecular flexibility index (Phi) is 5.29. The van der Waals surface area contributed by atoms with E-state index >= 15 is 0 Å². The molecule has 1 aliphatic carbocycles. The molecule has 0 heterocycles. The number of benzene rings is 1. The second-order valence-electron chi connectivity index (χ2n) is 4.91. The van der Waals surface area contributed by atoms with Crippen molar-refractivity contribution in [1.82, 2.24) is 10.9 Å². The Bertz CT molecular complexity index is 472. The predicted octanol–water partition coefficient (Wildman–Crippen LogP) is 2.72. The number of hydrazine groups is 1. The van der Waals surface area contributed by atoms with E-state index in [9.17, 15) is 9.18 Å². The average Bonchev–Trinajstić information content (AvgIpc) is 2.48. The van der Waals surface area contributed by atoms with Gasteiger partial charge in [0.05, 0.1) is 0 Å². The standard InChI is InChI=1S/C14H18FN3OS/c15-11-6-8-12(9-7-11)16-14(20)18-17-13(19)10-4-2-1-3-5-10/h6-10H,1-5H2,(H,17,19)(H2,16,18,20). The number of carbonyl (C=O) groups excluding carboxylic acids is 1. The number of carbonyl (C=O) groups is 1. The van der Waals surface area contributed by atoms with E-state index in [4.69, 9.17) is 12.2 Å². The molecule has 0 aromatic heterocycles. The van der Waals surface area contributed by atoms with Gasteiger partial charge < -0.3 is 5.32 Å². The first-order chi connectivity index (χ1) is 9.65. The number of rotatable bonds is 2. The molecular weight excluding hydrogens is 277 g/mol. The lowest BCUT2D eigenvalue weighted by atomic mass is 9.89. The molecule has 1 saturated carbocycles. The van der Waals surface area contributed by atoms with Crippen LogP contribution < -0.4 is 16.2 Å². The largest absolute Gasteiger partial charge is 0.331 e. The molecule has 6 heteroatoms. The van der Waals surface area contributed by atoms with Crippen LogP contribution in [0.1, 0.15) is 32.1 Å². The van der Waals surface area contributed by atoms with Crippen molar-refractivity contribution in [3.63, 3.8) is 0 Å². The van der Waals surface area contributed by atoms with Gasteiger partial charge in [0, 0.05) is 11.6 Å². The summed E-state index contributed by atoms with van der Waals surface area (Å²) in [7, 11) is 0. The topological polar surface area (TPSA) is 53.2 Å². The van der Waals surface area contributed by atoms with Crippen LogP contribution in [0.4, 0.5) is 10.1 Å². The summed E-state index contributed by atoms with van der Waals surface area (Å²) in [6, 6.07) is 5.83. The number of thiocarbonyl (C=S) groups is 1. The summed E-state index contributed by atoms with van der Waals surface area (Å²) in [4.78, 5) is 11.9. The van der Waals surface area contributed by atoms with Crippen LogP contribution in [-0.4, -0.2) is 11.0 Å². The average molecular weight is 295 g/mol. The van der Waals surface area contributed by atoms with Gasteiger partial charge in [0.25, 0.3) is 0 Å². The summed E-state index contributed by atoms with van der Waals surface area (Å²) in [6.45, 7) is 0. The van der Waals surface area contributed by atoms with Gasteiger partial charge in [-0.1, -0.05) is 19.3 Å². The fraction of sp³-hybridized carbons (Fsp3) is 0.429. The maximum Gasteiger partial charge on any atom is 0.241 e. The lowest BCUT2D eigenvalue weighted by Gasteiger charge is -2.21. The molecule has 4 nitrogen and oxygen atoms in total. The fourth-order valence-electron chi connectivity index (χ4n) is 2.28. The van der Waals surface area contributed by atoms with E-state index in [1.54, 1.807) is 12.1 Å². The van der Waals surface area contributed by atoms with Gasteiger partial charge in [-0.15, -0.1) is 0 Å². The SMILES string of the molecule is O=C(NNC(=S)Nc1ccc(F)cc1)C1CCCCC1. The van der Waals surface area contributed by atoms with Crippen molar-refractivity contribution in [3.05, 3.63) is 30.1 Å². The van der Waals surface area contributed by atoms with Crippen LogP contribution in [0.2, 0.25) is 0 Å². The van der Waals surface area contributed by atoms with Crippen LogP contribution in [0.5, 0.6) is 0 Å². The third kappa shape index (κ3) is 4.45. The van der Waals surface area contributed by atoms with E-state index in [-0.39, 0.29) is 22.8 Å². The molecule has 0 saturated heterocycles. The second-order valence-corrected chi connectivity index (χ2v) is 5.32. The van der Waals surface area contributed by atoms with E-state index in [2.05, 4.69) is 16.2 Å². The quantitative estimate of drug-likeness (QED) is 0.580. The van der Waals surface area contributed by atoms with Crippen molar-refractivity contribution in [1.29, 1.82) is 0 Å². The van der Waals surface area contributed by atoms with Gasteiger partial charge in [-0.3, -0.25) is 15.6 Å². The number of hydrogen-bond donors (Lipinski definition) is 3. The molecule has 1 aromatic carbocycles. The minimum atomic E-state index is -0.306. The van der Waals surface area contributed by atoms with Crippen molar-refractivity contribution in [2.75, 3.05) is 5.32 Å². The van der Waals surface area contributed by atoms with Crippen molar-refractivity contribution < 1.29 is 9.18 Å². The molecule has 0 bridgehead atoms. The van der Waals surface area contributed by atoms with E-state index in [1.807, 2.05) is 0 Å². The number of anilines is 1. The van der Waals surface area contributed by atoms with Crippen molar-refractivity contribution >= 4 is 28.9 Å². The van der Waals surface area contributed by atoms with Gasteiger partial charge in [0.15, 0.2) is 5.11 Å². The molecule has 108 valence electrons. The Balaban J connectivity index is 1.74. The van der Waals surface area contributed by atoms with Crippen LogP contribution in [0, 0.1) is 11.7 Å². The predicted molar refractivity (Wildman–Crippen MR) is 80.5 cm³/mol. The number of halogens is 1. The Morgan fingerprint density at radius 2 is 1.75 bits per heavy atom. The molecule has 2 rings (SSSR count). The van der Waals surface area contributed by atoms with Crippen molar-refractivity contribution in [2.24, 2.45) is 5.92 Å². The Labute approximate surface area is 123 Å². The molecule has 1 amide bonds. The summed E-state index contributed by atoms with van der Waals surface area (Å²) < 4.78 is 12.8. The Morgan fingerprint density at radius 1 is 1.10 bits per heavy atom. The first kappa shape index (κ1) is 14.7. The van der Waals surface area contributed by atoms with Gasteiger partial charge in [0.1, 0.15) is 5.82 Å². The second kappa shape index (κ2) is 7.19.